The van der Waals surface area contributed by atoms with Crippen LogP contribution in [-0.4, -0.2) is 37.2 Å². The van der Waals surface area contributed by atoms with Crippen molar-refractivity contribution in [2.45, 2.75) is 26.5 Å². The molecular weight excluding hydrogens is 412 g/mol. The first kappa shape index (κ1) is 20.9. The van der Waals surface area contributed by atoms with Gasteiger partial charge >= 0.3 is 5.97 Å². The number of rotatable bonds is 7. The summed E-state index contributed by atoms with van der Waals surface area (Å²) in [5.41, 5.74) is 2.39. The molecule has 4 rings (SSSR count). The van der Waals surface area contributed by atoms with Crippen molar-refractivity contribution >= 4 is 17.7 Å². The van der Waals surface area contributed by atoms with E-state index in [9.17, 15) is 9.59 Å². The summed E-state index contributed by atoms with van der Waals surface area (Å²) < 4.78 is 10.4. The van der Waals surface area contributed by atoms with Gasteiger partial charge in [0.1, 0.15) is 5.76 Å². The molecule has 2 heterocycles. The van der Waals surface area contributed by atoms with E-state index in [0.29, 0.717) is 17.1 Å². The summed E-state index contributed by atoms with van der Waals surface area (Å²) in [7, 11) is 0. The molecule has 10 nitrogen and oxygen atoms in total. The fourth-order valence-electron chi connectivity index (χ4n) is 2.93. The van der Waals surface area contributed by atoms with E-state index >= 15 is 0 Å². The Bertz CT molecular complexity index is 1220. The molecule has 4 aromatic rings. The van der Waals surface area contributed by atoms with E-state index in [1.807, 2.05) is 31.2 Å². The Labute approximate surface area is 183 Å². The Morgan fingerprint density at radius 3 is 2.53 bits per heavy atom. The van der Waals surface area contributed by atoms with Gasteiger partial charge in [-0.2, -0.15) is 4.80 Å². The largest absolute Gasteiger partial charge is 0.446 e. The van der Waals surface area contributed by atoms with Crippen LogP contribution in [0.25, 0.3) is 11.4 Å². The van der Waals surface area contributed by atoms with Crippen molar-refractivity contribution in [2.75, 3.05) is 5.32 Å². The molecule has 0 saturated carbocycles. The van der Waals surface area contributed by atoms with Crippen LogP contribution in [0, 0.1) is 13.8 Å². The predicted octanol–water partition coefficient (Wildman–Crippen LogP) is 2.87. The van der Waals surface area contributed by atoms with Gasteiger partial charge in [0, 0.05) is 17.2 Å². The number of amides is 1. The number of aryl methyl sites for hydroxylation is 2. The average molecular weight is 432 g/mol. The van der Waals surface area contributed by atoms with Crippen molar-refractivity contribution in [3.8, 4) is 11.4 Å². The number of ether oxygens (including phenoxy) is 1. The third-order valence-corrected chi connectivity index (χ3v) is 4.50. The minimum atomic E-state index is -1.19. The van der Waals surface area contributed by atoms with Gasteiger partial charge in [-0.25, -0.2) is 4.79 Å². The van der Waals surface area contributed by atoms with E-state index < -0.39 is 18.0 Å². The lowest BCUT2D eigenvalue weighted by Crippen LogP contribution is -2.28. The quantitative estimate of drug-likeness (QED) is 0.442. The molecule has 1 unspecified atom stereocenters. The van der Waals surface area contributed by atoms with Crippen LogP contribution in [-0.2, 0) is 20.9 Å². The first-order valence-corrected chi connectivity index (χ1v) is 9.81. The Balaban J connectivity index is 1.46. The zero-order valence-electron chi connectivity index (χ0n) is 17.4. The number of nitrogens with zero attached hydrogens (tertiary/aromatic N) is 5. The smallest absolute Gasteiger partial charge is 0.330 e. The Morgan fingerprint density at radius 1 is 1.09 bits per heavy atom. The number of carbonyl (C=O) groups excluding carboxylic acids is 2. The second-order valence-electron chi connectivity index (χ2n) is 7.10. The Morgan fingerprint density at radius 2 is 1.84 bits per heavy atom. The number of hydrogen-bond acceptors (Lipinski definition) is 8. The standard InChI is InChI=1S/C22H20N6O4/c1-14-8-10-17(11-9-14)21-24-27-28(25-21)13-19(29)31-20(16-6-4-3-5-7-16)22(30)23-18-12-15(2)32-26-18/h3-12,20H,13H2,1-2H3,(H,23,26,30). The highest BCUT2D eigenvalue weighted by Gasteiger charge is 2.26. The van der Waals surface area contributed by atoms with Crippen molar-refractivity contribution < 1.29 is 18.8 Å². The van der Waals surface area contributed by atoms with Crippen LogP contribution in [0.5, 0.6) is 0 Å². The molecule has 0 saturated heterocycles. The molecule has 0 fully saturated rings. The van der Waals surface area contributed by atoms with Crippen molar-refractivity contribution in [1.82, 2.24) is 25.4 Å². The number of carbonyl (C=O) groups is 2. The molecule has 2 aromatic carbocycles. The Hall–Kier alpha value is -4.34. The van der Waals surface area contributed by atoms with E-state index in [4.69, 9.17) is 9.26 Å². The van der Waals surface area contributed by atoms with E-state index in [1.165, 1.54) is 0 Å². The van der Waals surface area contributed by atoms with Gasteiger partial charge in [0.15, 0.2) is 12.4 Å². The molecule has 32 heavy (non-hydrogen) atoms. The minimum absolute atomic E-state index is 0.227. The number of hydrogen-bond donors (Lipinski definition) is 1. The van der Waals surface area contributed by atoms with Gasteiger partial charge in [-0.05, 0) is 19.1 Å². The van der Waals surface area contributed by atoms with Crippen LogP contribution in [0.1, 0.15) is 23.0 Å². The van der Waals surface area contributed by atoms with Crippen molar-refractivity contribution in [2.24, 2.45) is 0 Å². The molecule has 1 amide bonds. The third-order valence-electron chi connectivity index (χ3n) is 4.50. The summed E-state index contributed by atoms with van der Waals surface area (Å²) in [4.78, 5) is 26.5. The lowest BCUT2D eigenvalue weighted by atomic mass is 10.1. The van der Waals surface area contributed by atoms with Crippen LogP contribution in [0.15, 0.2) is 65.2 Å². The summed E-state index contributed by atoms with van der Waals surface area (Å²) in [6, 6.07) is 17.8. The molecule has 0 aliphatic heterocycles. The third kappa shape index (κ3) is 5.04. The van der Waals surface area contributed by atoms with E-state index in [1.54, 1.807) is 43.3 Å². The van der Waals surface area contributed by atoms with E-state index in [2.05, 4.69) is 25.9 Å². The van der Waals surface area contributed by atoms with Crippen LogP contribution >= 0.6 is 0 Å². The fourth-order valence-corrected chi connectivity index (χ4v) is 2.93. The first-order valence-electron chi connectivity index (χ1n) is 9.81. The highest BCUT2D eigenvalue weighted by Crippen LogP contribution is 2.21. The van der Waals surface area contributed by atoms with Gasteiger partial charge in [-0.15, -0.1) is 10.2 Å². The van der Waals surface area contributed by atoms with Crippen molar-refractivity contribution in [3.63, 3.8) is 0 Å². The van der Waals surface area contributed by atoms with Crippen molar-refractivity contribution in [1.29, 1.82) is 0 Å². The van der Waals surface area contributed by atoms with Gasteiger partial charge in [0.2, 0.25) is 11.9 Å². The molecule has 162 valence electrons. The second kappa shape index (κ2) is 9.21. The molecule has 1 N–H and O–H groups in total. The summed E-state index contributed by atoms with van der Waals surface area (Å²) >= 11 is 0. The predicted molar refractivity (Wildman–Crippen MR) is 113 cm³/mol. The zero-order valence-corrected chi connectivity index (χ0v) is 17.4. The molecule has 1 atom stereocenters. The lowest BCUT2D eigenvalue weighted by molar-refractivity contribution is -0.155. The number of aromatic nitrogens is 5. The summed E-state index contributed by atoms with van der Waals surface area (Å²) in [5.74, 6) is -0.111. The van der Waals surface area contributed by atoms with Gasteiger partial charge < -0.3 is 14.6 Å². The van der Waals surface area contributed by atoms with Gasteiger partial charge in [0.25, 0.3) is 5.91 Å². The van der Waals surface area contributed by atoms with Gasteiger partial charge in [0.05, 0.1) is 0 Å². The van der Waals surface area contributed by atoms with E-state index in [0.717, 1.165) is 15.9 Å². The molecule has 0 aliphatic rings. The number of esters is 1. The fraction of sp³-hybridized carbons (Fsp3) is 0.182. The van der Waals surface area contributed by atoms with Crippen LogP contribution in [0.2, 0.25) is 0 Å². The molecule has 0 spiro atoms. The normalized spacial score (nSPS) is 11.7. The van der Waals surface area contributed by atoms with Gasteiger partial charge in [-0.1, -0.05) is 65.3 Å². The van der Waals surface area contributed by atoms with Crippen LogP contribution in [0.3, 0.4) is 0 Å². The molecule has 0 aliphatic carbocycles. The van der Waals surface area contributed by atoms with E-state index in [-0.39, 0.29) is 12.4 Å². The summed E-state index contributed by atoms with van der Waals surface area (Å²) in [5, 5.41) is 18.4. The highest BCUT2D eigenvalue weighted by atomic mass is 16.5. The SMILES string of the molecule is Cc1ccc(-c2nnn(CC(=O)OC(C(=O)Nc3cc(C)on3)c3ccccc3)n2)cc1. The lowest BCUT2D eigenvalue weighted by Gasteiger charge is -2.17. The molecule has 0 radical (unpaired) electrons. The molecule has 0 bridgehead atoms. The zero-order chi connectivity index (χ0) is 22.5. The number of benzene rings is 2. The molecular formula is C22H20N6O4. The second-order valence-corrected chi connectivity index (χ2v) is 7.10. The highest BCUT2D eigenvalue weighted by molar-refractivity contribution is 5.95. The Kier molecular flexibility index (Phi) is 6.02. The number of anilines is 1. The molecule has 2 aromatic heterocycles. The average Bonchev–Trinajstić information content (AvgIpc) is 3.42. The maximum atomic E-state index is 12.8. The maximum Gasteiger partial charge on any atom is 0.330 e. The summed E-state index contributed by atoms with van der Waals surface area (Å²) in [6.45, 7) is 3.37. The summed E-state index contributed by atoms with van der Waals surface area (Å²) in [6.07, 6.45) is -1.19. The van der Waals surface area contributed by atoms with Crippen LogP contribution < -0.4 is 5.32 Å². The van der Waals surface area contributed by atoms with Crippen molar-refractivity contribution in [3.05, 3.63) is 77.6 Å². The topological polar surface area (TPSA) is 125 Å². The number of nitrogens with one attached hydrogen (secondary N) is 1. The maximum absolute atomic E-state index is 12.8. The molecule has 10 heteroatoms. The van der Waals surface area contributed by atoms with Crippen LogP contribution in [0.4, 0.5) is 5.82 Å². The number of tetrazole rings is 1. The minimum Gasteiger partial charge on any atom is -0.446 e. The monoisotopic (exact) mass is 432 g/mol. The van der Waals surface area contributed by atoms with Gasteiger partial charge in [-0.3, -0.25) is 4.79 Å². The first-order chi connectivity index (χ1) is 15.5.